The Balaban J connectivity index is 1.39. The number of hydrogen-bond acceptors (Lipinski definition) is 3. The average Bonchev–Trinajstić information content (AvgIpc) is 3.22. The number of anilines is 1. The molecule has 0 aliphatic carbocycles. The predicted molar refractivity (Wildman–Crippen MR) is 112 cm³/mol. The summed E-state index contributed by atoms with van der Waals surface area (Å²) in [5.74, 6) is -0.258. The van der Waals surface area contributed by atoms with Gasteiger partial charge in [-0.2, -0.15) is 5.10 Å². The Morgan fingerprint density at radius 3 is 2.80 bits per heavy atom. The molecule has 0 radical (unpaired) electrons. The lowest BCUT2D eigenvalue weighted by Gasteiger charge is -2.33. The number of amides is 1. The first-order valence-corrected chi connectivity index (χ1v) is 10.2. The molecule has 0 unspecified atom stereocenters. The molecular weight excluding hydrogens is 410 g/mol. The minimum absolute atomic E-state index is 0.0669. The zero-order valence-corrected chi connectivity index (χ0v) is 16.9. The van der Waals surface area contributed by atoms with Crippen molar-refractivity contribution in [2.45, 2.75) is 25.3 Å². The van der Waals surface area contributed by atoms with Crippen LogP contribution in [0.4, 0.5) is 14.6 Å². The number of rotatable bonds is 5. The van der Waals surface area contributed by atoms with Crippen molar-refractivity contribution in [3.63, 3.8) is 0 Å². The van der Waals surface area contributed by atoms with Crippen LogP contribution in [0.25, 0.3) is 11.3 Å². The molecule has 2 heterocycles. The maximum Gasteiger partial charge on any atom is 0.224 e. The maximum atomic E-state index is 13.9. The fourth-order valence-electron chi connectivity index (χ4n) is 3.69. The molecule has 5 nitrogen and oxygen atoms in total. The van der Waals surface area contributed by atoms with Gasteiger partial charge in [0.05, 0.1) is 12.1 Å². The van der Waals surface area contributed by atoms with Crippen molar-refractivity contribution in [1.82, 2.24) is 15.5 Å². The van der Waals surface area contributed by atoms with E-state index in [1.165, 1.54) is 24.3 Å². The summed E-state index contributed by atoms with van der Waals surface area (Å²) >= 11 is 6.02. The number of aromatic nitrogens is 2. The summed E-state index contributed by atoms with van der Waals surface area (Å²) in [5, 5.41) is 10.6. The summed E-state index contributed by atoms with van der Waals surface area (Å²) in [4.78, 5) is 14.5. The van der Waals surface area contributed by atoms with Crippen LogP contribution in [0.1, 0.15) is 18.4 Å². The highest BCUT2D eigenvalue weighted by atomic mass is 35.5. The summed E-state index contributed by atoms with van der Waals surface area (Å²) in [6.07, 6.45) is 1.63. The number of hydrogen-bond donors (Lipinski definition) is 2. The standard InChI is InChI=1S/C22H21ClF2N4O/c23-18-4-1-5-19(25)17(18)11-22(30)26-16-3-2-10-29(13-16)21-12-20(27-28-21)14-6-8-15(24)9-7-14/h1,4-9,12,16H,2-3,10-11,13H2,(H,26,30)(H,27,28)/t16-/m0/s1. The summed E-state index contributed by atoms with van der Waals surface area (Å²) in [6.45, 7) is 1.42. The summed E-state index contributed by atoms with van der Waals surface area (Å²) in [7, 11) is 0. The number of benzene rings is 2. The van der Waals surface area contributed by atoms with Crippen molar-refractivity contribution in [3.8, 4) is 11.3 Å². The third-order valence-corrected chi connectivity index (χ3v) is 5.58. The van der Waals surface area contributed by atoms with Crippen molar-refractivity contribution in [2.24, 2.45) is 0 Å². The molecule has 2 N–H and O–H groups in total. The van der Waals surface area contributed by atoms with E-state index in [0.29, 0.717) is 6.54 Å². The van der Waals surface area contributed by atoms with Gasteiger partial charge >= 0.3 is 0 Å². The molecule has 1 aromatic heterocycles. The van der Waals surface area contributed by atoms with Gasteiger partial charge in [0, 0.05) is 35.8 Å². The Labute approximate surface area is 178 Å². The molecular formula is C22H21ClF2N4O. The number of carbonyl (C=O) groups is 1. The largest absolute Gasteiger partial charge is 0.353 e. The summed E-state index contributed by atoms with van der Waals surface area (Å²) in [6, 6.07) is 12.4. The van der Waals surface area contributed by atoms with E-state index in [4.69, 9.17) is 11.6 Å². The van der Waals surface area contributed by atoms with Gasteiger partial charge in [0.25, 0.3) is 0 Å². The van der Waals surface area contributed by atoms with Crippen molar-refractivity contribution in [1.29, 1.82) is 0 Å². The van der Waals surface area contributed by atoms with Crippen molar-refractivity contribution in [3.05, 3.63) is 70.8 Å². The second-order valence-corrected chi connectivity index (χ2v) is 7.78. The van der Waals surface area contributed by atoms with Crippen LogP contribution in [0.15, 0.2) is 48.5 Å². The van der Waals surface area contributed by atoms with Gasteiger partial charge in [0.15, 0.2) is 5.82 Å². The van der Waals surface area contributed by atoms with Gasteiger partial charge in [-0.05, 0) is 54.8 Å². The van der Waals surface area contributed by atoms with E-state index in [1.807, 2.05) is 6.07 Å². The minimum atomic E-state index is -0.479. The zero-order valence-electron chi connectivity index (χ0n) is 16.2. The topological polar surface area (TPSA) is 61.0 Å². The molecule has 1 saturated heterocycles. The molecule has 2 aromatic carbocycles. The highest BCUT2D eigenvalue weighted by molar-refractivity contribution is 6.31. The molecule has 1 amide bonds. The molecule has 0 bridgehead atoms. The third-order valence-electron chi connectivity index (χ3n) is 5.23. The fraction of sp³-hybridized carbons (Fsp3) is 0.273. The van der Waals surface area contributed by atoms with Crippen molar-refractivity contribution in [2.75, 3.05) is 18.0 Å². The lowest BCUT2D eigenvalue weighted by molar-refractivity contribution is -0.121. The van der Waals surface area contributed by atoms with Gasteiger partial charge in [-0.25, -0.2) is 8.78 Å². The quantitative estimate of drug-likeness (QED) is 0.633. The van der Waals surface area contributed by atoms with E-state index in [0.717, 1.165) is 36.5 Å². The Morgan fingerprint density at radius 2 is 2.03 bits per heavy atom. The fourth-order valence-corrected chi connectivity index (χ4v) is 3.92. The second-order valence-electron chi connectivity index (χ2n) is 7.38. The first-order valence-electron chi connectivity index (χ1n) is 9.78. The predicted octanol–water partition coefficient (Wildman–Crippen LogP) is 4.34. The smallest absolute Gasteiger partial charge is 0.224 e. The first-order chi connectivity index (χ1) is 14.5. The maximum absolute atomic E-state index is 13.9. The highest BCUT2D eigenvalue weighted by Crippen LogP contribution is 2.25. The number of carbonyl (C=O) groups excluding carboxylic acids is 1. The Kier molecular flexibility index (Phi) is 5.99. The number of piperidine rings is 1. The van der Waals surface area contributed by atoms with E-state index in [9.17, 15) is 13.6 Å². The molecule has 3 aromatic rings. The van der Waals surface area contributed by atoms with Crippen LogP contribution in [0, 0.1) is 11.6 Å². The molecule has 1 atom stereocenters. The molecule has 0 saturated carbocycles. The van der Waals surface area contributed by atoms with Crippen LogP contribution >= 0.6 is 11.6 Å². The third kappa shape index (κ3) is 4.62. The van der Waals surface area contributed by atoms with Crippen LogP contribution in [-0.4, -0.2) is 35.2 Å². The lowest BCUT2D eigenvalue weighted by Crippen LogP contribution is -2.48. The van der Waals surface area contributed by atoms with Crippen LogP contribution in [0.2, 0.25) is 5.02 Å². The van der Waals surface area contributed by atoms with E-state index < -0.39 is 5.82 Å². The first kappa shape index (κ1) is 20.3. The normalized spacial score (nSPS) is 16.5. The summed E-state index contributed by atoms with van der Waals surface area (Å²) in [5.41, 5.74) is 1.85. The molecule has 1 aliphatic rings. The van der Waals surface area contributed by atoms with E-state index in [1.54, 1.807) is 18.2 Å². The van der Waals surface area contributed by atoms with Crippen LogP contribution < -0.4 is 10.2 Å². The van der Waals surface area contributed by atoms with Crippen LogP contribution in [0.3, 0.4) is 0 Å². The van der Waals surface area contributed by atoms with E-state index in [2.05, 4.69) is 20.4 Å². The number of nitrogens with one attached hydrogen (secondary N) is 2. The molecule has 0 spiro atoms. The molecule has 8 heteroatoms. The van der Waals surface area contributed by atoms with Gasteiger partial charge in [-0.15, -0.1) is 0 Å². The van der Waals surface area contributed by atoms with Gasteiger partial charge in [0.2, 0.25) is 5.91 Å². The second kappa shape index (κ2) is 8.83. The number of H-pyrrole nitrogens is 1. The Morgan fingerprint density at radius 1 is 1.23 bits per heavy atom. The number of aromatic amines is 1. The van der Waals surface area contributed by atoms with Gasteiger partial charge in [-0.1, -0.05) is 17.7 Å². The van der Waals surface area contributed by atoms with E-state index >= 15 is 0 Å². The van der Waals surface area contributed by atoms with Crippen LogP contribution in [-0.2, 0) is 11.2 Å². The molecule has 1 aliphatic heterocycles. The molecule has 156 valence electrons. The molecule has 1 fully saturated rings. The van der Waals surface area contributed by atoms with Gasteiger partial charge < -0.3 is 10.2 Å². The van der Waals surface area contributed by atoms with Crippen LogP contribution in [0.5, 0.6) is 0 Å². The summed E-state index contributed by atoms with van der Waals surface area (Å²) < 4.78 is 27.1. The van der Waals surface area contributed by atoms with Gasteiger partial charge in [0.1, 0.15) is 11.6 Å². The molecule has 30 heavy (non-hydrogen) atoms. The number of halogens is 3. The zero-order chi connectivity index (χ0) is 21.1. The lowest BCUT2D eigenvalue weighted by atomic mass is 10.0. The Hall–Kier alpha value is -2.93. The monoisotopic (exact) mass is 430 g/mol. The Bertz CT molecular complexity index is 1020. The van der Waals surface area contributed by atoms with Crippen molar-refractivity contribution < 1.29 is 13.6 Å². The SMILES string of the molecule is O=C(Cc1c(F)cccc1Cl)N[C@H]1CCCN(c2cc(-c3ccc(F)cc3)[nH]n2)C1. The average molecular weight is 431 g/mol. The van der Waals surface area contributed by atoms with E-state index in [-0.39, 0.29) is 34.8 Å². The minimum Gasteiger partial charge on any atom is -0.353 e. The molecule has 4 rings (SSSR count). The van der Waals surface area contributed by atoms with Gasteiger partial charge in [-0.3, -0.25) is 9.89 Å². The van der Waals surface area contributed by atoms with Crippen molar-refractivity contribution >= 4 is 23.3 Å². The number of nitrogens with zero attached hydrogens (tertiary/aromatic N) is 2. The highest BCUT2D eigenvalue weighted by Gasteiger charge is 2.24.